The van der Waals surface area contributed by atoms with Gasteiger partial charge >= 0.3 is 0 Å². The number of rotatable bonds is 5. The van der Waals surface area contributed by atoms with Gasteiger partial charge in [0.25, 0.3) is 5.91 Å². The number of Topliss-reactive ketones (excluding diaryl/α,β-unsaturated/α-hetero) is 1. The molecule has 4 aromatic rings. The van der Waals surface area contributed by atoms with Crippen LogP contribution in [0.2, 0.25) is 0 Å². The molecule has 162 valence electrons. The van der Waals surface area contributed by atoms with Crippen LogP contribution in [0.5, 0.6) is 0 Å². The molecule has 1 amide bonds. The summed E-state index contributed by atoms with van der Waals surface area (Å²) in [6, 6.07) is 13.7. The van der Waals surface area contributed by atoms with E-state index in [1.54, 1.807) is 13.1 Å². The number of hydrogen-bond donors (Lipinski definition) is 2. The Bertz CT molecular complexity index is 1330. The lowest BCUT2D eigenvalue weighted by molar-refractivity contribution is -0.116. The monoisotopic (exact) mass is 445 g/mol. The molecular formula is C24H23N5O2S. The van der Waals surface area contributed by atoms with Gasteiger partial charge in [-0.3, -0.25) is 9.59 Å². The summed E-state index contributed by atoms with van der Waals surface area (Å²) in [5, 5.41) is 8.41. The Kier molecular flexibility index (Phi) is 5.55. The van der Waals surface area contributed by atoms with Crippen LogP contribution < -0.4 is 10.6 Å². The van der Waals surface area contributed by atoms with Crippen LogP contribution >= 0.6 is 11.3 Å². The van der Waals surface area contributed by atoms with Crippen molar-refractivity contribution in [3.05, 3.63) is 59.1 Å². The predicted molar refractivity (Wildman–Crippen MR) is 128 cm³/mol. The van der Waals surface area contributed by atoms with E-state index in [2.05, 4.69) is 15.6 Å². The SMILES string of the molecule is CC(=O)Cc1cccc(Nc2ncc3ccc4sc(C(=O)N5CCNCC5)cc4c3n2)c1. The largest absolute Gasteiger partial charge is 0.335 e. The average Bonchev–Trinajstić information content (AvgIpc) is 3.24. The molecule has 0 bridgehead atoms. The van der Waals surface area contributed by atoms with E-state index in [0.717, 1.165) is 63.3 Å². The number of ketones is 1. The van der Waals surface area contributed by atoms with Crippen LogP contribution in [0.4, 0.5) is 11.6 Å². The van der Waals surface area contributed by atoms with Crippen LogP contribution in [0.25, 0.3) is 21.0 Å². The summed E-state index contributed by atoms with van der Waals surface area (Å²) in [4.78, 5) is 36.2. The van der Waals surface area contributed by atoms with Crippen molar-refractivity contribution in [1.29, 1.82) is 0 Å². The van der Waals surface area contributed by atoms with E-state index < -0.39 is 0 Å². The fraction of sp³-hybridized carbons (Fsp3) is 0.250. The fourth-order valence-corrected chi connectivity index (χ4v) is 5.01. The van der Waals surface area contributed by atoms with Crippen molar-refractivity contribution in [2.24, 2.45) is 0 Å². The second kappa shape index (κ2) is 8.64. The lowest BCUT2D eigenvalue weighted by Crippen LogP contribution is -2.46. The zero-order chi connectivity index (χ0) is 22.1. The van der Waals surface area contributed by atoms with Crippen LogP contribution in [0, 0.1) is 0 Å². The first-order valence-corrected chi connectivity index (χ1v) is 11.4. The summed E-state index contributed by atoms with van der Waals surface area (Å²) >= 11 is 1.51. The number of fused-ring (bicyclic) bond motifs is 3. The number of carbonyl (C=O) groups excluding carboxylic acids is 2. The summed E-state index contributed by atoms with van der Waals surface area (Å²) in [6.07, 6.45) is 2.19. The van der Waals surface area contributed by atoms with E-state index in [9.17, 15) is 9.59 Å². The Morgan fingerprint density at radius 1 is 1.16 bits per heavy atom. The predicted octanol–water partition coefficient (Wildman–Crippen LogP) is 3.77. The smallest absolute Gasteiger partial charge is 0.264 e. The highest BCUT2D eigenvalue weighted by Crippen LogP contribution is 2.32. The van der Waals surface area contributed by atoms with Crippen molar-refractivity contribution in [2.45, 2.75) is 13.3 Å². The van der Waals surface area contributed by atoms with Gasteiger partial charge in [-0.05, 0) is 42.8 Å². The molecule has 32 heavy (non-hydrogen) atoms. The van der Waals surface area contributed by atoms with E-state index >= 15 is 0 Å². The molecule has 1 saturated heterocycles. The second-order valence-electron chi connectivity index (χ2n) is 7.97. The molecule has 2 aromatic carbocycles. The summed E-state index contributed by atoms with van der Waals surface area (Å²) < 4.78 is 1.03. The van der Waals surface area contributed by atoms with E-state index in [-0.39, 0.29) is 11.7 Å². The van der Waals surface area contributed by atoms with E-state index in [4.69, 9.17) is 4.98 Å². The van der Waals surface area contributed by atoms with E-state index in [1.165, 1.54) is 11.3 Å². The molecule has 5 rings (SSSR count). The molecule has 2 N–H and O–H groups in total. The summed E-state index contributed by atoms with van der Waals surface area (Å²) in [7, 11) is 0. The van der Waals surface area contributed by atoms with Crippen molar-refractivity contribution in [2.75, 3.05) is 31.5 Å². The van der Waals surface area contributed by atoms with Crippen LogP contribution in [0.3, 0.4) is 0 Å². The van der Waals surface area contributed by atoms with Gasteiger partial charge in [-0.25, -0.2) is 9.97 Å². The first-order chi connectivity index (χ1) is 15.6. The second-order valence-corrected chi connectivity index (χ2v) is 9.05. The summed E-state index contributed by atoms with van der Waals surface area (Å²) in [5.74, 6) is 0.678. The molecule has 0 aliphatic carbocycles. The zero-order valence-corrected chi connectivity index (χ0v) is 18.5. The molecule has 1 aliphatic heterocycles. The average molecular weight is 446 g/mol. The Labute approximate surface area is 189 Å². The maximum absolute atomic E-state index is 13.0. The molecule has 1 fully saturated rings. The Morgan fingerprint density at radius 3 is 2.81 bits per heavy atom. The van der Waals surface area contributed by atoms with Gasteiger partial charge in [0.2, 0.25) is 5.95 Å². The number of nitrogens with one attached hydrogen (secondary N) is 2. The lowest BCUT2D eigenvalue weighted by Gasteiger charge is -2.26. The molecule has 8 heteroatoms. The quantitative estimate of drug-likeness (QED) is 0.486. The van der Waals surface area contributed by atoms with Gasteiger partial charge in [-0.15, -0.1) is 11.3 Å². The van der Waals surface area contributed by atoms with Gasteiger partial charge in [0.05, 0.1) is 10.4 Å². The molecule has 0 spiro atoms. The third-order valence-corrected chi connectivity index (χ3v) is 6.59. The number of benzene rings is 2. The zero-order valence-electron chi connectivity index (χ0n) is 17.7. The minimum Gasteiger partial charge on any atom is -0.335 e. The number of amides is 1. The van der Waals surface area contributed by atoms with Gasteiger partial charge in [-0.1, -0.05) is 12.1 Å². The van der Waals surface area contributed by atoms with Gasteiger partial charge in [0.15, 0.2) is 0 Å². The minimum absolute atomic E-state index is 0.0792. The Morgan fingerprint density at radius 2 is 2.00 bits per heavy atom. The first kappa shape index (κ1) is 20.5. The van der Waals surface area contributed by atoms with E-state index in [1.807, 2.05) is 47.4 Å². The fourth-order valence-electron chi connectivity index (χ4n) is 3.97. The highest BCUT2D eigenvalue weighted by Gasteiger charge is 2.20. The molecular weight excluding hydrogens is 422 g/mol. The highest BCUT2D eigenvalue weighted by atomic mass is 32.1. The van der Waals surface area contributed by atoms with Gasteiger partial charge in [0.1, 0.15) is 5.78 Å². The van der Waals surface area contributed by atoms with Crippen molar-refractivity contribution >= 4 is 55.7 Å². The molecule has 2 aromatic heterocycles. The third-order valence-electron chi connectivity index (χ3n) is 5.50. The lowest BCUT2D eigenvalue weighted by atomic mass is 10.1. The molecule has 0 unspecified atom stereocenters. The maximum Gasteiger partial charge on any atom is 0.264 e. The van der Waals surface area contributed by atoms with Crippen molar-refractivity contribution < 1.29 is 9.59 Å². The Hall–Kier alpha value is -3.36. The molecule has 0 atom stereocenters. The number of anilines is 2. The molecule has 0 radical (unpaired) electrons. The summed E-state index contributed by atoms with van der Waals surface area (Å²) in [6.45, 7) is 4.70. The topological polar surface area (TPSA) is 87.2 Å². The highest BCUT2D eigenvalue weighted by molar-refractivity contribution is 7.21. The number of piperazine rings is 1. The van der Waals surface area contributed by atoms with Crippen LogP contribution in [0.15, 0.2) is 48.7 Å². The van der Waals surface area contributed by atoms with E-state index in [0.29, 0.717) is 12.4 Å². The summed E-state index contributed by atoms with van der Waals surface area (Å²) in [5.41, 5.74) is 2.59. The molecule has 7 nitrogen and oxygen atoms in total. The number of thiophene rings is 1. The van der Waals surface area contributed by atoms with Crippen molar-refractivity contribution in [1.82, 2.24) is 20.2 Å². The van der Waals surface area contributed by atoms with Crippen molar-refractivity contribution in [3.63, 3.8) is 0 Å². The first-order valence-electron chi connectivity index (χ1n) is 10.6. The Balaban J connectivity index is 1.47. The third kappa shape index (κ3) is 4.19. The molecule has 1 aliphatic rings. The molecule has 3 heterocycles. The number of hydrogen-bond acceptors (Lipinski definition) is 7. The van der Waals surface area contributed by atoms with Crippen LogP contribution in [-0.2, 0) is 11.2 Å². The van der Waals surface area contributed by atoms with Crippen LogP contribution in [-0.4, -0.2) is 52.7 Å². The van der Waals surface area contributed by atoms with Gasteiger partial charge in [0, 0.05) is 60.0 Å². The van der Waals surface area contributed by atoms with Gasteiger partial charge in [-0.2, -0.15) is 0 Å². The maximum atomic E-state index is 13.0. The molecule has 0 saturated carbocycles. The normalized spacial score (nSPS) is 14.1. The number of nitrogens with zero attached hydrogens (tertiary/aromatic N) is 3. The number of carbonyl (C=O) groups is 2. The van der Waals surface area contributed by atoms with Crippen molar-refractivity contribution in [3.8, 4) is 0 Å². The van der Waals surface area contributed by atoms with Crippen LogP contribution in [0.1, 0.15) is 22.2 Å². The standard InChI is InChI=1S/C24H23N5O2S/c1-15(30)11-16-3-2-4-18(12-16)27-24-26-14-17-5-6-20-19(22(17)28-24)13-21(32-20)23(31)29-9-7-25-8-10-29/h2-6,12-14,25H,7-11H2,1H3,(H,26,27,28). The number of aromatic nitrogens is 2. The minimum atomic E-state index is 0.0792. The van der Waals surface area contributed by atoms with Gasteiger partial charge < -0.3 is 15.5 Å².